The summed E-state index contributed by atoms with van der Waals surface area (Å²) in [5.74, 6) is 0.615. The highest BCUT2D eigenvalue weighted by Gasteiger charge is 2.40. The van der Waals surface area contributed by atoms with Crippen molar-refractivity contribution >= 4 is 11.7 Å². The van der Waals surface area contributed by atoms with E-state index in [1.165, 1.54) is 12.8 Å². The second-order valence-electron chi connectivity index (χ2n) is 9.04. The Morgan fingerprint density at radius 1 is 1.12 bits per heavy atom. The molecule has 0 amide bonds. The van der Waals surface area contributed by atoms with Gasteiger partial charge in [-0.3, -0.25) is 0 Å². The van der Waals surface area contributed by atoms with E-state index in [2.05, 4.69) is 5.32 Å². The Labute approximate surface area is 201 Å². The number of rotatable bonds is 10. The van der Waals surface area contributed by atoms with Crippen molar-refractivity contribution in [2.75, 3.05) is 32.2 Å². The first-order valence-corrected chi connectivity index (χ1v) is 12.2. The molecule has 2 aromatic rings. The summed E-state index contributed by atoms with van der Waals surface area (Å²) in [5, 5.41) is 13.3. The fourth-order valence-corrected chi connectivity index (χ4v) is 4.82. The molecule has 7 heteroatoms. The SMILES string of the molecule is CCOc1cc(OC)cc(-c2ccc(NC3(C(=O)O)CCOCC3)cc2COC2CCCC2)c1. The van der Waals surface area contributed by atoms with Gasteiger partial charge < -0.3 is 29.4 Å². The number of carboxylic acids is 1. The van der Waals surface area contributed by atoms with Crippen LogP contribution < -0.4 is 14.8 Å². The van der Waals surface area contributed by atoms with Gasteiger partial charge in [-0.25, -0.2) is 4.79 Å². The normalized spacial score (nSPS) is 17.9. The van der Waals surface area contributed by atoms with E-state index in [4.69, 9.17) is 18.9 Å². The van der Waals surface area contributed by atoms with Crippen LogP contribution in [0.1, 0.15) is 51.0 Å². The summed E-state index contributed by atoms with van der Waals surface area (Å²) in [6.45, 7) is 3.83. The summed E-state index contributed by atoms with van der Waals surface area (Å²) >= 11 is 0. The molecule has 2 aliphatic rings. The molecular formula is C27H35NO6. The molecule has 34 heavy (non-hydrogen) atoms. The van der Waals surface area contributed by atoms with E-state index in [9.17, 15) is 9.90 Å². The number of anilines is 1. The van der Waals surface area contributed by atoms with Gasteiger partial charge in [-0.1, -0.05) is 18.9 Å². The highest BCUT2D eigenvalue weighted by molar-refractivity contribution is 5.83. The van der Waals surface area contributed by atoms with Crippen LogP contribution in [0.2, 0.25) is 0 Å². The Bertz CT molecular complexity index is 979. The van der Waals surface area contributed by atoms with E-state index in [0.717, 1.165) is 46.7 Å². The van der Waals surface area contributed by atoms with Crippen molar-refractivity contribution in [1.82, 2.24) is 0 Å². The first-order chi connectivity index (χ1) is 16.5. The lowest BCUT2D eigenvalue weighted by Crippen LogP contribution is -2.50. The van der Waals surface area contributed by atoms with Gasteiger partial charge in [-0.2, -0.15) is 0 Å². The lowest BCUT2D eigenvalue weighted by molar-refractivity contribution is -0.145. The summed E-state index contributed by atoms with van der Waals surface area (Å²) in [6, 6.07) is 11.8. The molecule has 1 saturated carbocycles. The van der Waals surface area contributed by atoms with E-state index in [-0.39, 0.29) is 6.10 Å². The first-order valence-electron chi connectivity index (χ1n) is 12.2. The molecule has 1 aliphatic carbocycles. The zero-order chi connectivity index (χ0) is 24.0. The third-order valence-corrected chi connectivity index (χ3v) is 6.76. The van der Waals surface area contributed by atoms with Gasteiger partial charge in [0, 0.05) is 37.8 Å². The molecule has 0 atom stereocenters. The zero-order valence-electron chi connectivity index (χ0n) is 20.1. The standard InChI is InChI=1S/C27H35NO6/c1-3-33-24-16-19(15-23(17-24)31-2)25-9-8-21(14-20(25)18-34-22-6-4-5-7-22)28-27(26(29)30)10-12-32-13-11-27/h8-9,14-17,22,28H,3-7,10-13,18H2,1-2H3,(H,29,30). The predicted molar refractivity (Wildman–Crippen MR) is 131 cm³/mol. The van der Waals surface area contributed by atoms with Crippen LogP contribution in [0.5, 0.6) is 11.5 Å². The zero-order valence-corrected chi connectivity index (χ0v) is 20.1. The van der Waals surface area contributed by atoms with Crippen LogP contribution in [0.15, 0.2) is 36.4 Å². The number of carboxylic acid groups (broad SMARTS) is 1. The van der Waals surface area contributed by atoms with Gasteiger partial charge in [-0.05, 0) is 60.7 Å². The molecule has 0 unspecified atom stereocenters. The second-order valence-corrected chi connectivity index (χ2v) is 9.04. The van der Waals surface area contributed by atoms with Crippen molar-refractivity contribution in [3.63, 3.8) is 0 Å². The van der Waals surface area contributed by atoms with Crippen molar-refractivity contribution < 1.29 is 28.8 Å². The summed E-state index contributed by atoms with van der Waals surface area (Å²) in [5.41, 5.74) is 2.73. The number of carbonyl (C=O) groups is 1. The van der Waals surface area contributed by atoms with E-state index in [1.54, 1.807) is 7.11 Å². The summed E-state index contributed by atoms with van der Waals surface area (Å²) < 4.78 is 23.0. The molecule has 1 aliphatic heterocycles. The molecule has 1 heterocycles. The van der Waals surface area contributed by atoms with Crippen molar-refractivity contribution in [3.8, 4) is 22.6 Å². The molecule has 7 nitrogen and oxygen atoms in total. The number of methoxy groups -OCH3 is 1. The average molecular weight is 470 g/mol. The van der Waals surface area contributed by atoms with E-state index >= 15 is 0 Å². The lowest BCUT2D eigenvalue weighted by Gasteiger charge is -2.35. The average Bonchev–Trinajstić information content (AvgIpc) is 3.37. The molecule has 0 spiro atoms. The molecule has 1 saturated heterocycles. The van der Waals surface area contributed by atoms with Gasteiger partial charge in [0.05, 0.1) is 26.4 Å². The molecule has 2 aromatic carbocycles. The van der Waals surface area contributed by atoms with Crippen LogP contribution in [-0.4, -0.2) is 49.6 Å². The third-order valence-electron chi connectivity index (χ3n) is 6.76. The fourth-order valence-electron chi connectivity index (χ4n) is 4.82. The van der Waals surface area contributed by atoms with Gasteiger partial charge in [-0.15, -0.1) is 0 Å². The molecule has 0 aromatic heterocycles. The second kappa shape index (κ2) is 11.1. The molecule has 2 fully saturated rings. The maximum atomic E-state index is 12.2. The Balaban J connectivity index is 1.68. The summed E-state index contributed by atoms with van der Waals surface area (Å²) in [6.07, 6.45) is 5.70. The maximum absolute atomic E-state index is 12.2. The van der Waals surface area contributed by atoms with Gasteiger partial charge in [0.1, 0.15) is 17.0 Å². The Morgan fingerprint density at radius 2 is 1.85 bits per heavy atom. The number of aliphatic carboxylic acids is 1. The maximum Gasteiger partial charge on any atom is 0.329 e. The Hall–Kier alpha value is -2.77. The molecule has 0 bridgehead atoms. The molecule has 0 radical (unpaired) electrons. The highest BCUT2D eigenvalue weighted by atomic mass is 16.5. The van der Waals surface area contributed by atoms with Crippen LogP contribution >= 0.6 is 0 Å². The van der Waals surface area contributed by atoms with Crippen molar-refractivity contribution in [1.29, 1.82) is 0 Å². The number of ether oxygens (including phenoxy) is 4. The van der Waals surface area contributed by atoms with Crippen molar-refractivity contribution in [3.05, 3.63) is 42.0 Å². The summed E-state index contributed by atoms with van der Waals surface area (Å²) in [7, 11) is 1.64. The minimum absolute atomic E-state index is 0.273. The monoisotopic (exact) mass is 469 g/mol. The number of hydrogen-bond donors (Lipinski definition) is 2. The third kappa shape index (κ3) is 5.65. The van der Waals surface area contributed by atoms with Crippen LogP contribution in [0.25, 0.3) is 11.1 Å². The van der Waals surface area contributed by atoms with Crippen LogP contribution in [0.4, 0.5) is 5.69 Å². The predicted octanol–water partition coefficient (Wildman–Crippen LogP) is 5.27. The molecular weight excluding hydrogens is 434 g/mol. The minimum atomic E-state index is -1.03. The van der Waals surface area contributed by atoms with Gasteiger partial charge in [0.2, 0.25) is 0 Å². The number of benzene rings is 2. The van der Waals surface area contributed by atoms with Crippen LogP contribution in [0.3, 0.4) is 0 Å². The Kier molecular flexibility index (Phi) is 7.95. The van der Waals surface area contributed by atoms with Crippen LogP contribution in [-0.2, 0) is 20.9 Å². The van der Waals surface area contributed by atoms with Crippen molar-refractivity contribution in [2.45, 2.75) is 63.7 Å². The quantitative estimate of drug-likeness (QED) is 0.490. The van der Waals surface area contributed by atoms with E-state index in [1.807, 2.05) is 43.3 Å². The smallest absolute Gasteiger partial charge is 0.329 e. The minimum Gasteiger partial charge on any atom is -0.497 e. The van der Waals surface area contributed by atoms with Gasteiger partial charge in [0.25, 0.3) is 0 Å². The number of nitrogens with one attached hydrogen (secondary N) is 1. The van der Waals surface area contributed by atoms with Crippen molar-refractivity contribution in [2.24, 2.45) is 0 Å². The Morgan fingerprint density at radius 3 is 2.53 bits per heavy atom. The van der Waals surface area contributed by atoms with E-state index < -0.39 is 11.5 Å². The largest absolute Gasteiger partial charge is 0.497 e. The van der Waals surface area contributed by atoms with Gasteiger partial charge >= 0.3 is 5.97 Å². The summed E-state index contributed by atoms with van der Waals surface area (Å²) in [4.78, 5) is 12.2. The first kappa shape index (κ1) is 24.4. The number of hydrogen-bond acceptors (Lipinski definition) is 6. The van der Waals surface area contributed by atoms with Crippen LogP contribution in [0, 0.1) is 0 Å². The lowest BCUT2D eigenvalue weighted by atomic mass is 9.89. The van der Waals surface area contributed by atoms with E-state index in [0.29, 0.717) is 39.3 Å². The molecule has 4 rings (SSSR count). The molecule has 184 valence electrons. The van der Waals surface area contributed by atoms with Gasteiger partial charge in [0.15, 0.2) is 0 Å². The molecule has 2 N–H and O–H groups in total. The topological polar surface area (TPSA) is 86.3 Å². The highest BCUT2D eigenvalue weighted by Crippen LogP contribution is 2.35. The fraction of sp³-hybridized carbons (Fsp3) is 0.519.